The van der Waals surface area contributed by atoms with E-state index in [-0.39, 0.29) is 0 Å². The van der Waals surface area contributed by atoms with Crippen LogP contribution in [0.4, 0.5) is 13.6 Å². The minimum Gasteiger partial charge on any atom is -0.444 e. The molecule has 0 unspecified atom stereocenters. The van der Waals surface area contributed by atoms with Crippen molar-refractivity contribution in [1.82, 2.24) is 10.6 Å². The first-order valence-corrected chi connectivity index (χ1v) is 6.89. The third kappa shape index (κ3) is 7.60. The average Bonchev–Trinajstić information content (AvgIpc) is 2.35. The highest BCUT2D eigenvalue weighted by Gasteiger charge is 2.15. The number of benzene rings is 1. The summed E-state index contributed by atoms with van der Waals surface area (Å²) in [6, 6.07) is 3.81. The van der Waals surface area contributed by atoms with Gasteiger partial charge in [0.2, 0.25) is 0 Å². The molecule has 0 fully saturated rings. The third-order valence-electron chi connectivity index (χ3n) is 2.51. The van der Waals surface area contributed by atoms with Gasteiger partial charge in [0.15, 0.2) is 11.6 Å². The van der Waals surface area contributed by atoms with Crippen LogP contribution in [-0.4, -0.2) is 24.8 Å². The Morgan fingerprint density at radius 1 is 1.19 bits per heavy atom. The summed E-state index contributed by atoms with van der Waals surface area (Å²) in [6.07, 6.45) is 0.270. The van der Waals surface area contributed by atoms with Gasteiger partial charge in [0.1, 0.15) is 5.60 Å². The molecule has 0 aliphatic carbocycles. The molecule has 21 heavy (non-hydrogen) atoms. The van der Waals surface area contributed by atoms with Gasteiger partial charge in [0.25, 0.3) is 0 Å². The second-order valence-electron chi connectivity index (χ2n) is 5.71. The monoisotopic (exact) mass is 300 g/mol. The standard InChI is InChI=1S/C15H22F2N2O2/c1-15(2,3)21-14(20)19-8-4-7-18-10-11-5-6-12(16)13(17)9-11/h5-6,9,18H,4,7-8,10H2,1-3H3,(H,19,20). The smallest absolute Gasteiger partial charge is 0.407 e. The van der Waals surface area contributed by atoms with Gasteiger partial charge in [0, 0.05) is 13.1 Å². The van der Waals surface area contributed by atoms with Crippen LogP contribution >= 0.6 is 0 Å². The van der Waals surface area contributed by atoms with Gasteiger partial charge in [-0.3, -0.25) is 0 Å². The second kappa shape index (κ2) is 7.93. The molecule has 0 atom stereocenters. The van der Waals surface area contributed by atoms with Crippen molar-refractivity contribution in [3.63, 3.8) is 0 Å². The number of ether oxygens (including phenoxy) is 1. The molecule has 0 saturated carbocycles. The molecule has 0 radical (unpaired) electrons. The molecule has 6 heteroatoms. The highest BCUT2D eigenvalue weighted by molar-refractivity contribution is 5.67. The number of hydrogen-bond acceptors (Lipinski definition) is 3. The molecular formula is C15H22F2N2O2. The Morgan fingerprint density at radius 2 is 1.90 bits per heavy atom. The SMILES string of the molecule is CC(C)(C)OC(=O)NCCCNCc1ccc(F)c(F)c1. The minimum absolute atomic E-state index is 0.442. The van der Waals surface area contributed by atoms with Crippen molar-refractivity contribution in [2.45, 2.75) is 39.3 Å². The van der Waals surface area contributed by atoms with Gasteiger partial charge in [0.05, 0.1) is 0 Å². The first-order chi connectivity index (χ1) is 9.78. The molecule has 0 aliphatic heterocycles. The molecule has 0 spiro atoms. The summed E-state index contributed by atoms with van der Waals surface area (Å²) in [5.41, 5.74) is 0.170. The zero-order valence-corrected chi connectivity index (χ0v) is 12.6. The first kappa shape index (κ1) is 17.4. The predicted octanol–water partition coefficient (Wildman–Crippen LogP) is 2.97. The summed E-state index contributed by atoms with van der Waals surface area (Å²) in [4.78, 5) is 11.4. The van der Waals surface area contributed by atoms with Gasteiger partial charge in [-0.2, -0.15) is 0 Å². The lowest BCUT2D eigenvalue weighted by Gasteiger charge is -2.19. The van der Waals surface area contributed by atoms with Crippen molar-refractivity contribution in [2.24, 2.45) is 0 Å². The number of amides is 1. The van der Waals surface area contributed by atoms with Crippen LogP contribution in [0.2, 0.25) is 0 Å². The van der Waals surface area contributed by atoms with E-state index < -0.39 is 23.3 Å². The molecule has 1 amide bonds. The maximum atomic E-state index is 13.0. The third-order valence-corrected chi connectivity index (χ3v) is 2.51. The fraction of sp³-hybridized carbons (Fsp3) is 0.533. The zero-order chi connectivity index (χ0) is 15.9. The number of carbonyl (C=O) groups is 1. The second-order valence-corrected chi connectivity index (χ2v) is 5.71. The Balaban J connectivity index is 2.12. The van der Waals surface area contributed by atoms with Crippen molar-refractivity contribution in [1.29, 1.82) is 0 Å². The van der Waals surface area contributed by atoms with Crippen LogP contribution in [0.25, 0.3) is 0 Å². The van der Waals surface area contributed by atoms with Crippen LogP contribution < -0.4 is 10.6 Å². The van der Waals surface area contributed by atoms with E-state index in [4.69, 9.17) is 4.74 Å². The Labute approximate surface area is 123 Å². The fourth-order valence-corrected chi connectivity index (χ4v) is 1.60. The molecule has 0 heterocycles. The largest absolute Gasteiger partial charge is 0.444 e. The van der Waals surface area contributed by atoms with Crippen LogP contribution in [0.1, 0.15) is 32.8 Å². The Kier molecular flexibility index (Phi) is 6.55. The number of halogens is 2. The van der Waals surface area contributed by atoms with Gasteiger partial charge in [-0.05, 0) is 51.4 Å². The van der Waals surface area contributed by atoms with Crippen LogP contribution in [0.5, 0.6) is 0 Å². The highest BCUT2D eigenvalue weighted by Crippen LogP contribution is 2.08. The highest BCUT2D eigenvalue weighted by atomic mass is 19.2. The lowest BCUT2D eigenvalue weighted by molar-refractivity contribution is 0.0527. The fourth-order valence-electron chi connectivity index (χ4n) is 1.60. The van der Waals surface area contributed by atoms with Crippen LogP contribution in [0.3, 0.4) is 0 Å². The molecule has 0 aliphatic rings. The summed E-state index contributed by atoms with van der Waals surface area (Å²) in [7, 11) is 0. The normalized spacial score (nSPS) is 11.3. The quantitative estimate of drug-likeness (QED) is 0.794. The van der Waals surface area contributed by atoms with E-state index in [1.54, 1.807) is 20.8 Å². The summed E-state index contributed by atoms with van der Waals surface area (Å²) in [5.74, 6) is -1.69. The van der Waals surface area contributed by atoms with Gasteiger partial charge < -0.3 is 15.4 Å². The van der Waals surface area contributed by atoms with Crippen molar-refractivity contribution in [3.8, 4) is 0 Å². The molecule has 2 N–H and O–H groups in total. The van der Waals surface area contributed by atoms with Gasteiger partial charge in [-0.1, -0.05) is 6.07 Å². The van der Waals surface area contributed by atoms with E-state index in [0.717, 1.165) is 6.07 Å². The number of hydrogen-bond donors (Lipinski definition) is 2. The van der Waals surface area contributed by atoms with Crippen molar-refractivity contribution in [3.05, 3.63) is 35.4 Å². The number of carbonyl (C=O) groups excluding carboxylic acids is 1. The van der Waals surface area contributed by atoms with Gasteiger partial charge in [-0.15, -0.1) is 0 Å². The zero-order valence-electron chi connectivity index (χ0n) is 12.6. The Morgan fingerprint density at radius 3 is 2.52 bits per heavy atom. The van der Waals surface area contributed by atoms with Gasteiger partial charge in [-0.25, -0.2) is 13.6 Å². The Bertz CT molecular complexity index is 473. The predicted molar refractivity (Wildman–Crippen MR) is 76.9 cm³/mol. The molecule has 0 bridgehead atoms. The molecule has 1 aromatic rings. The molecule has 0 saturated heterocycles. The van der Waals surface area contributed by atoms with Crippen LogP contribution in [0, 0.1) is 11.6 Å². The lowest BCUT2D eigenvalue weighted by atomic mass is 10.2. The molecule has 0 aromatic heterocycles. The molecule has 118 valence electrons. The van der Waals surface area contributed by atoms with E-state index in [0.29, 0.717) is 31.6 Å². The van der Waals surface area contributed by atoms with Crippen LogP contribution in [0.15, 0.2) is 18.2 Å². The summed E-state index contributed by atoms with van der Waals surface area (Å²) in [6.45, 7) is 6.99. The topological polar surface area (TPSA) is 50.4 Å². The minimum atomic E-state index is -0.847. The van der Waals surface area contributed by atoms with E-state index in [1.165, 1.54) is 12.1 Å². The number of nitrogens with one attached hydrogen (secondary N) is 2. The number of rotatable bonds is 6. The summed E-state index contributed by atoms with van der Waals surface area (Å²) >= 11 is 0. The maximum Gasteiger partial charge on any atom is 0.407 e. The summed E-state index contributed by atoms with van der Waals surface area (Å²) in [5, 5.41) is 5.73. The van der Waals surface area contributed by atoms with E-state index in [1.807, 2.05) is 0 Å². The van der Waals surface area contributed by atoms with Crippen molar-refractivity contribution in [2.75, 3.05) is 13.1 Å². The van der Waals surface area contributed by atoms with Gasteiger partial charge >= 0.3 is 6.09 Å². The first-order valence-electron chi connectivity index (χ1n) is 6.89. The molecule has 1 rings (SSSR count). The molecule has 4 nitrogen and oxygen atoms in total. The van der Waals surface area contributed by atoms with Crippen molar-refractivity contribution >= 4 is 6.09 Å². The van der Waals surface area contributed by atoms with E-state index in [2.05, 4.69) is 10.6 Å². The maximum absolute atomic E-state index is 13.0. The number of alkyl carbamates (subject to hydrolysis) is 1. The lowest BCUT2D eigenvalue weighted by Crippen LogP contribution is -2.33. The van der Waals surface area contributed by atoms with E-state index in [9.17, 15) is 13.6 Å². The summed E-state index contributed by atoms with van der Waals surface area (Å²) < 4.78 is 30.8. The molecule has 1 aromatic carbocycles. The average molecular weight is 300 g/mol. The van der Waals surface area contributed by atoms with E-state index >= 15 is 0 Å². The van der Waals surface area contributed by atoms with Crippen molar-refractivity contribution < 1.29 is 18.3 Å². The Hall–Kier alpha value is -1.69. The molecular weight excluding hydrogens is 278 g/mol. The van der Waals surface area contributed by atoms with Crippen LogP contribution in [-0.2, 0) is 11.3 Å².